The SMILES string of the molecule is CCOC(=O)COc1cc(F)c(N=c2snc3n2CC(C)(C)C3)cc1NC(C)=O. The third-order valence-electron chi connectivity index (χ3n) is 4.22. The van der Waals surface area contributed by atoms with Gasteiger partial charge in [-0.1, -0.05) is 13.8 Å². The van der Waals surface area contributed by atoms with Crippen molar-refractivity contribution in [2.45, 2.75) is 40.7 Å². The first-order valence-electron chi connectivity index (χ1n) is 9.18. The number of nitrogens with zero attached hydrogens (tertiary/aromatic N) is 3. The van der Waals surface area contributed by atoms with E-state index in [9.17, 15) is 14.0 Å². The Morgan fingerprint density at radius 2 is 2.17 bits per heavy atom. The number of hydrogen-bond donors (Lipinski definition) is 1. The van der Waals surface area contributed by atoms with Crippen molar-refractivity contribution in [3.05, 3.63) is 28.6 Å². The summed E-state index contributed by atoms with van der Waals surface area (Å²) in [6, 6.07) is 2.48. The van der Waals surface area contributed by atoms with Crippen LogP contribution in [0.5, 0.6) is 5.75 Å². The third-order valence-corrected chi connectivity index (χ3v) is 5.00. The number of rotatable bonds is 6. The fourth-order valence-corrected chi connectivity index (χ4v) is 3.82. The van der Waals surface area contributed by atoms with E-state index in [-0.39, 0.29) is 35.1 Å². The molecule has 1 aliphatic rings. The lowest BCUT2D eigenvalue weighted by molar-refractivity contribution is -0.145. The van der Waals surface area contributed by atoms with Crippen LogP contribution in [0, 0.1) is 11.2 Å². The summed E-state index contributed by atoms with van der Waals surface area (Å²) >= 11 is 1.20. The number of carbonyl (C=O) groups is 2. The smallest absolute Gasteiger partial charge is 0.344 e. The average molecular weight is 422 g/mol. The van der Waals surface area contributed by atoms with Crippen LogP contribution in [0.2, 0.25) is 0 Å². The predicted octanol–water partition coefficient (Wildman–Crippen LogP) is 2.80. The van der Waals surface area contributed by atoms with Gasteiger partial charge >= 0.3 is 5.97 Å². The zero-order valence-electron chi connectivity index (χ0n) is 16.7. The monoisotopic (exact) mass is 422 g/mol. The second-order valence-corrected chi connectivity index (χ2v) is 8.23. The van der Waals surface area contributed by atoms with Gasteiger partial charge in [0.15, 0.2) is 12.4 Å². The van der Waals surface area contributed by atoms with Gasteiger partial charge in [-0.2, -0.15) is 4.37 Å². The second-order valence-electron chi connectivity index (χ2n) is 7.49. The number of halogens is 1. The van der Waals surface area contributed by atoms with Crippen molar-refractivity contribution in [2.24, 2.45) is 10.4 Å². The van der Waals surface area contributed by atoms with Gasteiger partial charge in [0.2, 0.25) is 10.7 Å². The molecule has 1 aromatic heterocycles. The van der Waals surface area contributed by atoms with Gasteiger partial charge in [0.1, 0.15) is 17.3 Å². The molecular weight excluding hydrogens is 399 g/mol. The van der Waals surface area contributed by atoms with E-state index in [0.29, 0.717) is 4.80 Å². The van der Waals surface area contributed by atoms with Crippen LogP contribution < -0.4 is 14.9 Å². The Hall–Kier alpha value is -2.75. The first-order valence-corrected chi connectivity index (χ1v) is 9.95. The van der Waals surface area contributed by atoms with Gasteiger partial charge in [-0.25, -0.2) is 14.2 Å². The minimum Gasteiger partial charge on any atom is -0.480 e. The fraction of sp³-hybridized carbons (Fsp3) is 0.474. The topological polar surface area (TPSA) is 94.8 Å². The molecule has 1 aliphatic heterocycles. The molecule has 156 valence electrons. The molecule has 0 radical (unpaired) electrons. The molecule has 0 saturated heterocycles. The summed E-state index contributed by atoms with van der Waals surface area (Å²) in [5.74, 6) is -0.644. The lowest BCUT2D eigenvalue weighted by Gasteiger charge is -2.14. The quantitative estimate of drug-likeness (QED) is 0.723. The van der Waals surface area contributed by atoms with Crippen LogP contribution in [0.4, 0.5) is 15.8 Å². The standard InChI is InChI=1S/C19H23FN4O4S/c1-5-27-17(26)9-28-15-6-12(20)13(7-14(15)21-11(2)25)22-18-24-10-19(3,4)8-16(24)23-29-18/h6-7H,5,8-10H2,1-4H3,(H,21,25). The molecule has 0 saturated carbocycles. The number of carbonyl (C=O) groups excluding carboxylic acids is 2. The maximum absolute atomic E-state index is 14.7. The van der Waals surface area contributed by atoms with Crippen LogP contribution in [0.15, 0.2) is 17.1 Å². The molecule has 10 heteroatoms. The Labute approximate surface area is 171 Å². The lowest BCUT2D eigenvalue weighted by atomic mass is 9.92. The fourth-order valence-electron chi connectivity index (χ4n) is 3.06. The summed E-state index contributed by atoms with van der Waals surface area (Å²) in [6.07, 6.45) is 0.833. The maximum atomic E-state index is 14.7. The molecule has 1 aromatic carbocycles. The summed E-state index contributed by atoms with van der Waals surface area (Å²) in [5.41, 5.74) is 0.333. The Morgan fingerprint density at radius 3 is 2.86 bits per heavy atom. The molecule has 0 spiro atoms. The number of nitrogens with one attached hydrogen (secondary N) is 1. The molecule has 0 aliphatic carbocycles. The van der Waals surface area contributed by atoms with Crippen LogP contribution in [-0.4, -0.2) is 34.0 Å². The highest BCUT2D eigenvalue weighted by molar-refractivity contribution is 7.02. The molecule has 0 atom stereocenters. The highest BCUT2D eigenvalue weighted by Gasteiger charge is 2.30. The van der Waals surface area contributed by atoms with E-state index >= 15 is 0 Å². The molecule has 0 fully saturated rings. The van der Waals surface area contributed by atoms with E-state index in [2.05, 4.69) is 28.5 Å². The van der Waals surface area contributed by atoms with E-state index in [1.165, 1.54) is 24.5 Å². The zero-order chi connectivity index (χ0) is 21.2. The van der Waals surface area contributed by atoms with Crippen LogP contribution in [-0.2, 0) is 27.3 Å². The van der Waals surface area contributed by atoms with E-state index in [0.717, 1.165) is 24.9 Å². The third kappa shape index (κ3) is 5.00. The van der Waals surface area contributed by atoms with Crippen LogP contribution >= 0.6 is 11.5 Å². The number of esters is 1. The van der Waals surface area contributed by atoms with Gasteiger partial charge in [-0.05, 0) is 18.4 Å². The molecule has 0 unspecified atom stereocenters. The normalized spacial score (nSPS) is 15.1. The number of hydrogen-bond acceptors (Lipinski definition) is 7. The number of amides is 1. The summed E-state index contributed by atoms with van der Waals surface area (Å²) in [6.45, 7) is 7.83. The number of anilines is 1. The number of benzene rings is 1. The molecule has 0 bridgehead atoms. The van der Waals surface area contributed by atoms with Crippen molar-refractivity contribution in [1.82, 2.24) is 8.94 Å². The number of fused-ring (bicyclic) bond motifs is 1. The molecule has 1 N–H and O–H groups in total. The van der Waals surface area contributed by atoms with Crippen molar-refractivity contribution < 1.29 is 23.5 Å². The van der Waals surface area contributed by atoms with Gasteiger partial charge in [0.25, 0.3) is 0 Å². The van der Waals surface area contributed by atoms with E-state index in [1.54, 1.807) is 6.92 Å². The predicted molar refractivity (Wildman–Crippen MR) is 106 cm³/mol. The van der Waals surface area contributed by atoms with Gasteiger partial charge < -0.3 is 19.4 Å². The van der Waals surface area contributed by atoms with Crippen molar-refractivity contribution in [3.8, 4) is 5.75 Å². The maximum Gasteiger partial charge on any atom is 0.344 e. The summed E-state index contributed by atoms with van der Waals surface area (Å²) in [7, 11) is 0. The zero-order valence-corrected chi connectivity index (χ0v) is 17.6. The first-order chi connectivity index (χ1) is 13.7. The van der Waals surface area contributed by atoms with Crippen molar-refractivity contribution >= 4 is 34.8 Å². The molecular formula is C19H23FN4O4S. The molecule has 3 rings (SSSR count). The van der Waals surface area contributed by atoms with Gasteiger partial charge in [0, 0.05) is 37.5 Å². The van der Waals surface area contributed by atoms with E-state index < -0.39 is 18.4 Å². The Kier molecular flexibility index (Phi) is 6.02. The summed E-state index contributed by atoms with van der Waals surface area (Å²) in [4.78, 5) is 28.1. The van der Waals surface area contributed by atoms with Crippen molar-refractivity contribution in [1.29, 1.82) is 0 Å². The van der Waals surface area contributed by atoms with Gasteiger partial charge in [-0.15, -0.1) is 0 Å². The minimum atomic E-state index is -0.641. The highest BCUT2D eigenvalue weighted by Crippen LogP contribution is 2.33. The Balaban J connectivity index is 1.95. The molecule has 2 heterocycles. The summed E-state index contributed by atoms with van der Waals surface area (Å²) in [5, 5.41) is 2.58. The summed E-state index contributed by atoms with van der Waals surface area (Å²) < 4.78 is 31.2. The lowest BCUT2D eigenvalue weighted by Crippen LogP contribution is -2.19. The largest absolute Gasteiger partial charge is 0.480 e. The molecule has 1 amide bonds. The molecule has 29 heavy (non-hydrogen) atoms. The van der Waals surface area contributed by atoms with Crippen LogP contribution in [0.3, 0.4) is 0 Å². The van der Waals surface area contributed by atoms with Crippen molar-refractivity contribution in [3.63, 3.8) is 0 Å². The van der Waals surface area contributed by atoms with Crippen LogP contribution in [0.1, 0.15) is 33.5 Å². The first kappa shape index (κ1) is 21.0. The molecule has 8 nitrogen and oxygen atoms in total. The van der Waals surface area contributed by atoms with Gasteiger partial charge in [-0.3, -0.25) is 4.79 Å². The second kappa shape index (κ2) is 8.32. The Morgan fingerprint density at radius 1 is 1.41 bits per heavy atom. The van der Waals surface area contributed by atoms with Gasteiger partial charge in [0.05, 0.1) is 12.3 Å². The average Bonchev–Trinajstić information content (AvgIpc) is 3.11. The number of ether oxygens (including phenoxy) is 2. The van der Waals surface area contributed by atoms with Crippen molar-refractivity contribution in [2.75, 3.05) is 18.5 Å². The van der Waals surface area contributed by atoms with Crippen LogP contribution in [0.25, 0.3) is 0 Å². The minimum absolute atomic E-state index is 0.0213. The van der Waals surface area contributed by atoms with E-state index in [1.807, 2.05) is 4.57 Å². The highest BCUT2D eigenvalue weighted by atomic mass is 32.1. The Bertz CT molecular complexity index is 1010. The number of aromatic nitrogens is 2. The molecule has 2 aromatic rings. The van der Waals surface area contributed by atoms with E-state index in [4.69, 9.17) is 9.47 Å².